The normalized spacial score (nSPS) is 26.8. The fourth-order valence-electron chi connectivity index (χ4n) is 2.96. The zero-order chi connectivity index (χ0) is 13.2. The molecule has 0 saturated carbocycles. The summed E-state index contributed by atoms with van der Waals surface area (Å²) in [6.07, 6.45) is 3.54. The molecule has 6 heteroatoms. The molecule has 3 heterocycles. The molecule has 3 N–H and O–H groups in total. The number of nitrogens with one attached hydrogen (secondary N) is 1. The molecule has 2 atom stereocenters. The smallest absolute Gasteiger partial charge is 0.244 e. The van der Waals surface area contributed by atoms with Gasteiger partial charge in [0.1, 0.15) is 5.82 Å². The minimum atomic E-state index is 0.306. The Bertz CT molecular complexity index is 405. The van der Waals surface area contributed by atoms with Gasteiger partial charge >= 0.3 is 0 Å². The van der Waals surface area contributed by atoms with Crippen LogP contribution in [0.25, 0.3) is 0 Å². The summed E-state index contributed by atoms with van der Waals surface area (Å²) in [4.78, 5) is 6.99. The summed E-state index contributed by atoms with van der Waals surface area (Å²) in [5.74, 6) is 5.63. The van der Waals surface area contributed by atoms with E-state index in [2.05, 4.69) is 22.0 Å². The molecule has 1 aromatic heterocycles. The minimum Gasteiger partial charge on any atom is -0.340 e. The lowest BCUT2D eigenvalue weighted by molar-refractivity contribution is 0.352. The van der Waals surface area contributed by atoms with Crippen LogP contribution in [0.4, 0.5) is 5.95 Å². The maximum absolute atomic E-state index is 5.98. The Morgan fingerprint density at radius 2 is 2.16 bits per heavy atom. The van der Waals surface area contributed by atoms with E-state index in [4.69, 9.17) is 10.7 Å². The first-order chi connectivity index (χ1) is 9.24. The first-order valence-corrected chi connectivity index (χ1v) is 8.40. The zero-order valence-electron chi connectivity index (χ0n) is 11.5. The van der Waals surface area contributed by atoms with E-state index in [0.717, 1.165) is 37.7 Å². The average Bonchev–Trinajstić information content (AvgIpc) is 3.10. The monoisotopic (exact) mass is 281 g/mol. The van der Waals surface area contributed by atoms with E-state index >= 15 is 0 Å². The van der Waals surface area contributed by atoms with E-state index in [0.29, 0.717) is 17.9 Å². The number of aromatic nitrogens is 3. The molecule has 2 aliphatic heterocycles. The molecule has 0 aromatic carbocycles. The number of hydrogen-bond acceptors (Lipinski definition) is 5. The van der Waals surface area contributed by atoms with Crippen LogP contribution < -0.4 is 10.6 Å². The highest BCUT2D eigenvalue weighted by Gasteiger charge is 2.26. The van der Waals surface area contributed by atoms with Crippen molar-refractivity contribution >= 4 is 17.7 Å². The molecule has 0 amide bonds. The predicted octanol–water partition coefficient (Wildman–Crippen LogP) is 1.59. The van der Waals surface area contributed by atoms with Crippen LogP contribution >= 0.6 is 11.8 Å². The molecule has 2 aliphatic rings. The third-order valence-electron chi connectivity index (χ3n) is 4.37. The van der Waals surface area contributed by atoms with Gasteiger partial charge in [-0.15, -0.1) is 5.10 Å². The highest BCUT2D eigenvalue weighted by atomic mass is 32.2. The van der Waals surface area contributed by atoms with Gasteiger partial charge in [0.15, 0.2) is 0 Å². The fraction of sp³-hybridized carbons (Fsp3) is 0.846. The van der Waals surface area contributed by atoms with Gasteiger partial charge in [0, 0.05) is 30.8 Å². The van der Waals surface area contributed by atoms with Gasteiger partial charge in [0.2, 0.25) is 5.95 Å². The van der Waals surface area contributed by atoms with Crippen LogP contribution in [0.1, 0.15) is 37.9 Å². The molecule has 106 valence electrons. The Balaban J connectivity index is 1.61. The summed E-state index contributed by atoms with van der Waals surface area (Å²) < 4.78 is 0. The number of aromatic amines is 1. The summed E-state index contributed by atoms with van der Waals surface area (Å²) in [6, 6.07) is 0.306. The molecule has 2 saturated heterocycles. The van der Waals surface area contributed by atoms with Gasteiger partial charge in [-0.2, -0.15) is 16.7 Å². The Kier molecular flexibility index (Phi) is 3.98. The largest absolute Gasteiger partial charge is 0.340 e. The first kappa shape index (κ1) is 13.2. The summed E-state index contributed by atoms with van der Waals surface area (Å²) in [5, 5.41) is 7.54. The number of thioether (sulfide) groups is 1. The summed E-state index contributed by atoms with van der Waals surface area (Å²) in [5.41, 5.74) is 5.98. The number of piperidine rings is 1. The second kappa shape index (κ2) is 5.71. The van der Waals surface area contributed by atoms with Crippen molar-refractivity contribution in [2.24, 2.45) is 11.7 Å². The average molecular weight is 281 g/mol. The fourth-order valence-corrected chi connectivity index (χ4v) is 4.19. The molecule has 3 rings (SSSR count). The molecule has 0 bridgehead atoms. The van der Waals surface area contributed by atoms with Crippen molar-refractivity contribution in [3.63, 3.8) is 0 Å². The lowest BCUT2D eigenvalue weighted by Gasteiger charge is -2.32. The van der Waals surface area contributed by atoms with Crippen molar-refractivity contribution in [2.75, 3.05) is 29.5 Å². The highest BCUT2D eigenvalue weighted by molar-refractivity contribution is 7.99. The summed E-state index contributed by atoms with van der Waals surface area (Å²) >= 11 is 2.01. The lowest BCUT2D eigenvalue weighted by Crippen LogP contribution is -2.40. The van der Waals surface area contributed by atoms with E-state index in [1.807, 2.05) is 11.8 Å². The van der Waals surface area contributed by atoms with E-state index in [-0.39, 0.29) is 0 Å². The third kappa shape index (κ3) is 2.89. The van der Waals surface area contributed by atoms with Crippen LogP contribution in [-0.4, -0.2) is 45.8 Å². The second-order valence-electron chi connectivity index (χ2n) is 5.76. The van der Waals surface area contributed by atoms with Gasteiger partial charge < -0.3 is 10.6 Å². The van der Waals surface area contributed by atoms with Crippen molar-refractivity contribution in [1.29, 1.82) is 0 Å². The van der Waals surface area contributed by atoms with Gasteiger partial charge in [-0.05, 0) is 37.9 Å². The van der Waals surface area contributed by atoms with Crippen LogP contribution in [0.3, 0.4) is 0 Å². The number of nitrogens with zero attached hydrogens (tertiary/aromatic N) is 3. The topological polar surface area (TPSA) is 70.8 Å². The molecule has 1 aromatic rings. The van der Waals surface area contributed by atoms with E-state index in [1.165, 1.54) is 17.9 Å². The molecule has 0 radical (unpaired) electrons. The Morgan fingerprint density at radius 3 is 2.79 bits per heavy atom. The molecular formula is C13H23N5S. The van der Waals surface area contributed by atoms with Crippen molar-refractivity contribution in [1.82, 2.24) is 15.2 Å². The van der Waals surface area contributed by atoms with Crippen LogP contribution in [-0.2, 0) is 0 Å². The summed E-state index contributed by atoms with van der Waals surface area (Å²) in [6.45, 7) is 4.18. The lowest BCUT2D eigenvalue weighted by atomic mass is 9.91. The molecule has 19 heavy (non-hydrogen) atoms. The van der Waals surface area contributed by atoms with E-state index < -0.39 is 0 Å². The number of anilines is 1. The number of H-pyrrole nitrogens is 1. The number of rotatable bonds is 3. The third-order valence-corrected chi connectivity index (χ3v) is 5.54. The van der Waals surface area contributed by atoms with E-state index in [9.17, 15) is 0 Å². The molecule has 2 fully saturated rings. The maximum Gasteiger partial charge on any atom is 0.244 e. The van der Waals surface area contributed by atoms with E-state index in [1.54, 1.807) is 0 Å². The molecule has 2 unspecified atom stereocenters. The van der Waals surface area contributed by atoms with Gasteiger partial charge in [-0.1, -0.05) is 0 Å². The van der Waals surface area contributed by atoms with Crippen molar-refractivity contribution in [2.45, 2.75) is 38.1 Å². The quantitative estimate of drug-likeness (QED) is 0.880. The van der Waals surface area contributed by atoms with Crippen LogP contribution in [0.15, 0.2) is 0 Å². The molecule has 0 spiro atoms. The molecule has 0 aliphatic carbocycles. The molecular weight excluding hydrogens is 258 g/mol. The minimum absolute atomic E-state index is 0.306. The van der Waals surface area contributed by atoms with Crippen molar-refractivity contribution in [3.8, 4) is 0 Å². The predicted molar refractivity (Wildman–Crippen MR) is 79.7 cm³/mol. The second-order valence-corrected chi connectivity index (χ2v) is 6.91. The first-order valence-electron chi connectivity index (χ1n) is 7.24. The number of nitrogens with two attached hydrogens (primary N) is 1. The Morgan fingerprint density at radius 1 is 1.37 bits per heavy atom. The van der Waals surface area contributed by atoms with Crippen molar-refractivity contribution < 1.29 is 0 Å². The van der Waals surface area contributed by atoms with Gasteiger partial charge in [0.05, 0.1) is 0 Å². The van der Waals surface area contributed by atoms with Crippen LogP contribution in [0, 0.1) is 5.92 Å². The maximum atomic E-state index is 5.98. The zero-order valence-corrected chi connectivity index (χ0v) is 12.3. The Labute approximate surface area is 118 Å². The standard InChI is InChI=1S/C13H23N5S/c1-9(14)10-2-5-18(6-3-10)13-15-12(16-17-13)11-4-7-19-8-11/h9-11H,2-8,14H2,1H3,(H,15,16,17). The van der Waals surface area contributed by atoms with Crippen LogP contribution in [0.2, 0.25) is 0 Å². The summed E-state index contributed by atoms with van der Waals surface area (Å²) in [7, 11) is 0. The SMILES string of the molecule is CC(N)C1CCN(c2n[nH]c(C3CCSC3)n2)CC1. The van der Waals surface area contributed by atoms with Gasteiger partial charge in [-0.25, -0.2) is 0 Å². The Hall–Kier alpha value is -0.750. The molecule has 5 nitrogen and oxygen atoms in total. The van der Waals surface area contributed by atoms with Gasteiger partial charge in [-0.3, -0.25) is 5.10 Å². The highest BCUT2D eigenvalue weighted by Crippen LogP contribution is 2.31. The van der Waals surface area contributed by atoms with Crippen molar-refractivity contribution in [3.05, 3.63) is 5.82 Å². The van der Waals surface area contributed by atoms with Crippen LogP contribution in [0.5, 0.6) is 0 Å². The number of hydrogen-bond donors (Lipinski definition) is 2. The van der Waals surface area contributed by atoms with Gasteiger partial charge in [0.25, 0.3) is 0 Å².